The number of aryl methyl sites for hydroxylation is 2. The summed E-state index contributed by atoms with van der Waals surface area (Å²) in [6, 6.07) is 24.8. The Labute approximate surface area is 175 Å². The summed E-state index contributed by atoms with van der Waals surface area (Å²) in [6.07, 6.45) is 0. The Morgan fingerprint density at radius 2 is 1.69 bits per heavy atom. The van der Waals surface area contributed by atoms with Gasteiger partial charge in [0.1, 0.15) is 5.75 Å². The Bertz CT molecular complexity index is 1140. The molecule has 5 heteroatoms. The first kappa shape index (κ1) is 19.3. The summed E-state index contributed by atoms with van der Waals surface area (Å²) in [5.41, 5.74) is 5.70. The summed E-state index contributed by atoms with van der Waals surface area (Å²) in [4.78, 5) is 0. The Morgan fingerprint density at radius 3 is 2.48 bits per heavy atom. The predicted octanol–water partition coefficient (Wildman–Crippen LogP) is 5.85. The molecule has 146 valence electrons. The fourth-order valence-corrected chi connectivity index (χ4v) is 4.24. The predicted molar refractivity (Wildman–Crippen MR) is 119 cm³/mol. The summed E-state index contributed by atoms with van der Waals surface area (Å²) in [7, 11) is 1.68. The first-order chi connectivity index (χ1) is 14.2. The average molecular weight is 402 g/mol. The minimum Gasteiger partial charge on any atom is -0.496 e. The molecule has 0 aliphatic carbocycles. The SMILES string of the molecule is COc1ccccc1-c1nnc(SCc2cccc(C)c2)n1-c1ccccc1C. The van der Waals surface area contributed by atoms with Crippen LogP contribution in [-0.4, -0.2) is 21.9 Å². The molecule has 0 saturated carbocycles. The fraction of sp³-hybridized carbons (Fsp3) is 0.167. The highest BCUT2D eigenvalue weighted by molar-refractivity contribution is 7.98. The maximum absolute atomic E-state index is 5.58. The van der Waals surface area contributed by atoms with Crippen LogP contribution in [0.15, 0.2) is 78.0 Å². The van der Waals surface area contributed by atoms with Gasteiger partial charge in [-0.3, -0.25) is 4.57 Å². The van der Waals surface area contributed by atoms with E-state index in [4.69, 9.17) is 4.74 Å². The largest absolute Gasteiger partial charge is 0.496 e. The third kappa shape index (κ3) is 4.05. The summed E-state index contributed by atoms with van der Waals surface area (Å²) in [5, 5.41) is 9.96. The van der Waals surface area contributed by atoms with Crippen LogP contribution in [0.2, 0.25) is 0 Å². The molecule has 3 aromatic carbocycles. The molecule has 29 heavy (non-hydrogen) atoms. The van der Waals surface area contributed by atoms with E-state index < -0.39 is 0 Å². The van der Waals surface area contributed by atoms with Crippen molar-refractivity contribution in [1.82, 2.24) is 14.8 Å². The van der Waals surface area contributed by atoms with Gasteiger partial charge in [0.05, 0.1) is 18.4 Å². The van der Waals surface area contributed by atoms with Gasteiger partial charge in [-0.05, 0) is 43.2 Å². The Hall–Kier alpha value is -3.05. The van der Waals surface area contributed by atoms with E-state index >= 15 is 0 Å². The zero-order valence-electron chi connectivity index (χ0n) is 16.8. The summed E-state index contributed by atoms with van der Waals surface area (Å²) >= 11 is 1.69. The molecule has 1 aromatic heterocycles. The van der Waals surface area contributed by atoms with Crippen LogP contribution < -0.4 is 4.74 Å². The summed E-state index contributed by atoms with van der Waals surface area (Å²) in [5.74, 6) is 2.39. The Kier molecular flexibility index (Phi) is 5.67. The number of aromatic nitrogens is 3. The summed E-state index contributed by atoms with van der Waals surface area (Å²) < 4.78 is 7.72. The third-order valence-corrected chi connectivity index (χ3v) is 5.79. The van der Waals surface area contributed by atoms with Crippen molar-refractivity contribution < 1.29 is 4.74 Å². The number of rotatable bonds is 6. The maximum atomic E-state index is 5.58. The molecule has 0 spiro atoms. The van der Waals surface area contributed by atoms with Gasteiger partial charge in [0.25, 0.3) is 0 Å². The Balaban J connectivity index is 1.80. The molecule has 1 heterocycles. The molecule has 4 nitrogen and oxygen atoms in total. The number of thioether (sulfide) groups is 1. The van der Waals surface area contributed by atoms with Crippen LogP contribution in [0.4, 0.5) is 0 Å². The lowest BCUT2D eigenvalue weighted by Gasteiger charge is -2.14. The minimum atomic E-state index is 0.781. The maximum Gasteiger partial charge on any atom is 0.196 e. The van der Waals surface area contributed by atoms with Crippen LogP contribution in [0.25, 0.3) is 17.1 Å². The van der Waals surface area contributed by atoms with E-state index in [2.05, 4.69) is 65.0 Å². The molecule has 0 amide bonds. The molecule has 0 unspecified atom stereocenters. The standard InChI is InChI=1S/C24H23N3OS/c1-17-9-8-11-19(15-17)16-29-24-26-25-23(20-12-5-7-14-22(20)28-3)27(24)21-13-6-4-10-18(21)2/h4-15H,16H2,1-3H3. The van der Waals surface area contributed by atoms with Gasteiger partial charge >= 0.3 is 0 Å². The number of benzene rings is 3. The minimum absolute atomic E-state index is 0.781. The van der Waals surface area contributed by atoms with Gasteiger partial charge in [-0.15, -0.1) is 10.2 Å². The van der Waals surface area contributed by atoms with Gasteiger partial charge in [0, 0.05) is 5.75 Å². The smallest absolute Gasteiger partial charge is 0.196 e. The van der Waals surface area contributed by atoms with E-state index in [1.54, 1.807) is 18.9 Å². The second kappa shape index (κ2) is 8.53. The van der Waals surface area contributed by atoms with Crippen LogP contribution in [0, 0.1) is 13.8 Å². The molecular weight excluding hydrogens is 378 g/mol. The number of methoxy groups -OCH3 is 1. The first-order valence-corrected chi connectivity index (χ1v) is 10.5. The fourth-order valence-electron chi connectivity index (χ4n) is 3.35. The zero-order valence-corrected chi connectivity index (χ0v) is 17.6. The molecule has 4 aromatic rings. The van der Waals surface area contributed by atoms with Crippen molar-refractivity contribution in [2.45, 2.75) is 24.8 Å². The second-order valence-corrected chi connectivity index (χ2v) is 7.85. The lowest BCUT2D eigenvalue weighted by molar-refractivity contribution is 0.416. The average Bonchev–Trinajstić information content (AvgIpc) is 3.16. The lowest BCUT2D eigenvalue weighted by Crippen LogP contribution is -2.02. The molecule has 0 saturated heterocycles. The molecule has 0 aliphatic rings. The van der Waals surface area contributed by atoms with Gasteiger partial charge < -0.3 is 4.74 Å². The second-order valence-electron chi connectivity index (χ2n) is 6.91. The number of nitrogens with zero attached hydrogens (tertiary/aromatic N) is 3. The van der Waals surface area contributed by atoms with Crippen LogP contribution in [-0.2, 0) is 5.75 Å². The van der Waals surface area contributed by atoms with E-state index in [-0.39, 0.29) is 0 Å². The van der Waals surface area contributed by atoms with Crippen molar-refractivity contribution >= 4 is 11.8 Å². The van der Waals surface area contributed by atoms with Gasteiger partial charge in [-0.1, -0.05) is 71.9 Å². The lowest BCUT2D eigenvalue weighted by atomic mass is 10.1. The van der Waals surface area contributed by atoms with Crippen molar-refractivity contribution in [3.8, 4) is 22.8 Å². The molecular formula is C24H23N3OS. The van der Waals surface area contributed by atoms with Crippen LogP contribution in [0.1, 0.15) is 16.7 Å². The molecule has 0 fully saturated rings. The molecule has 0 atom stereocenters. The van der Waals surface area contributed by atoms with Crippen molar-refractivity contribution in [3.63, 3.8) is 0 Å². The van der Waals surface area contributed by atoms with Crippen molar-refractivity contribution in [2.24, 2.45) is 0 Å². The van der Waals surface area contributed by atoms with Crippen LogP contribution in [0.3, 0.4) is 0 Å². The van der Waals surface area contributed by atoms with E-state index in [0.717, 1.165) is 33.7 Å². The highest BCUT2D eigenvalue weighted by Gasteiger charge is 2.19. The summed E-state index contributed by atoms with van der Waals surface area (Å²) in [6.45, 7) is 4.22. The monoisotopic (exact) mass is 401 g/mol. The van der Waals surface area contributed by atoms with Crippen molar-refractivity contribution in [2.75, 3.05) is 7.11 Å². The third-order valence-electron chi connectivity index (χ3n) is 4.79. The first-order valence-electron chi connectivity index (χ1n) is 9.50. The van der Waals surface area contributed by atoms with Crippen molar-refractivity contribution in [1.29, 1.82) is 0 Å². The van der Waals surface area contributed by atoms with E-state index in [0.29, 0.717) is 0 Å². The normalized spacial score (nSPS) is 10.9. The van der Waals surface area contributed by atoms with Gasteiger partial charge in [-0.25, -0.2) is 0 Å². The number of ether oxygens (including phenoxy) is 1. The number of para-hydroxylation sites is 2. The molecule has 0 aliphatic heterocycles. The number of hydrogen-bond donors (Lipinski definition) is 0. The highest BCUT2D eigenvalue weighted by atomic mass is 32.2. The van der Waals surface area contributed by atoms with Crippen LogP contribution in [0.5, 0.6) is 5.75 Å². The number of hydrogen-bond acceptors (Lipinski definition) is 4. The van der Waals surface area contributed by atoms with E-state index in [9.17, 15) is 0 Å². The van der Waals surface area contributed by atoms with E-state index in [1.807, 2.05) is 36.4 Å². The topological polar surface area (TPSA) is 39.9 Å². The molecule has 0 radical (unpaired) electrons. The quantitative estimate of drug-likeness (QED) is 0.380. The Morgan fingerprint density at radius 1 is 0.897 bits per heavy atom. The zero-order chi connectivity index (χ0) is 20.2. The van der Waals surface area contributed by atoms with Gasteiger partial charge in [0.15, 0.2) is 11.0 Å². The van der Waals surface area contributed by atoms with E-state index in [1.165, 1.54) is 16.7 Å². The van der Waals surface area contributed by atoms with Crippen LogP contribution >= 0.6 is 11.8 Å². The van der Waals surface area contributed by atoms with Gasteiger partial charge in [0.2, 0.25) is 0 Å². The van der Waals surface area contributed by atoms with Crippen molar-refractivity contribution in [3.05, 3.63) is 89.5 Å². The molecule has 0 N–H and O–H groups in total. The highest BCUT2D eigenvalue weighted by Crippen LogP contribution is 2.34. The molecule has 4 rings (SSSR count). The molecule has 0 bridgehead atoms. The van der Waals surface area contributed by atoms with Gasteiger partial charge in [-0.2, -0.15) is 0 Å².